The Balaban J connectivity index is 1.52. The SMILES string of the molecule is Cc1noc(C)c1NC(=O)NCCSc1c(C)[nH]c2ccccc12. The van der Waals surface area contributed by atoms with Crippen LogP contribution < -0.4 is 10.6 Å². The van der Waals surface area contributed by atoms with E-state index >= 15 is 0 Å². The van der Waals surface area contributed by atoms with Crippen molar-refractivity contribution in [3.8, 4) is 0 Å². The molecule has 0 bridgehead atoms. The molecule has 24 heavy (non-hydrogen) atoms. The molecule has 7 heteroatoms. The number of carbonyl (C=O) groups is 1. The number of benzene rings is 1. The van der Waals surface area contributed by atoms with E-state index in [1.54, 1.807) is 25.6 Å². The predicted octanol–water partition coefficient (Wildman–Crippen LogP) is 3.99. The number of aryl methyl sites for hydroxylation is 3. The third kappa shape index (κ3) is 3.41. The zero-order valence-corrected chi connectivity index (χ0v) is 14.7. The molecule has 0 unspecified atom stereocenters. The summed E-state index contributed by atoms with van der Waals surface area (Å²) in [6.07, 6.45) is 0. The number of thioether (sulfide) groups is 1. The molecular weight excluding hydrogens is 324 g/mol. The maximum absolute atomic E-state index is 11.9. The van der Waals surface area contributed by atoms with Crippen LogP contribution in [-0.2, 0) is 0 Å². The average molecular weight is 344 g/mol. The van der Waals surface area contributed by atoms with Gasteiger partial charge in [0.25, 0.3) is 0 Å². The molecule has 0 saturated carbocycles. The Morgan fingerprint density at radius 2 is 2.08 bits per heavy atom. The Morgan fingerprint density at radius 3 is 2.83 bits per heavy atom. The summed E-state index contributed by atoms with van der Waals surface area (Å²) in [6.45, 7) is 6.20. The summed E-state index contributed by atoms with van der Waals surface area (Å²) in [7, 11) is 0. The van der Waals surface area contributed by atoms with Gasteiger partial charge < -0.3 is 20.1 Å². The molecule has 3 aromatic rings. The maximum atomic E-state index is 11.9. The topological polar surface area (TPSA) is 82.9 Å². The van der Waals surface area contributed by atoms with Gasteiger partial charge in [0.2, 0.25) is 0 Å². The van der Waals surface area contributed by atoms with Crippen molar-refractivity contribution in [1.29, 1.82) is 0 Å². The molecular formula is C17H20N4O2S. The molecule has 0 aliphatic rings. The van der Waals surface area contributed by atoms with Gasteiger partial charge in [0.05, 0.1) is 0 Å². The first-order valence-corrected chi connectivity index (χ1v) is 8.72. The Kier molecular flexibility index (Phi) is 4.80. The summed E-state index contributed by atoms with van der Waals surface area (Å²) in [6, 6.07) is 7.99. The minimum Gasteiger partial charge on any atom is -0.359 e. The van der Waals surface area contributed by atoms with Gasteiger partial charge >= 0.3 is 6.03 Å². The highest BCUT2D eigenvalue weighted by molar-refractivity contribution is 7.99. The minimum absolute atomic E-state index is 0.249. The largest absolute Gasteiger partial charge is 0.359 e. The normalized spacial score (nSPS) is 11.0. The highest BCUT2D eigenvalue weighted by Crippen LogP contribution is 2.30. The van der Waals surface area contributed by atoms with Crippen molar-refractivity contribution in [3.63, 3.8) is 0 Å². The summed E-state index contributed by atoms with van der Waals surface area (Å²) in [5.74, 6) is 1.39. The lowest BCUT2D eigenvalue weighted by molar-refractivity contribution is 0.252. The van der Waals surface area contributed by atoms with Gasteiger partial charge in [-0.1, -0.05) is 23.4 Å². The number of aromatic amines is 1. The van der Waals surface area contributed by atoms with Gasteiger partial charge in [-0.05, 0) is 26.8 Å². The molecule has 0 spiro atoms. The second kappa shape index (κ2) is 7.00. The van der Waals surface area contributed by atoms with E-state index in [0.29, 0.717) is 23.7 Å². The van der Waals surface area contributed by atoms with Gasteiger partial charge in [-0.3, -0.25) is 0 Å². The summed E-state index contributed by atoms with van der Waals surface area (Å²) in [5.41, 5.74) is 3.60. The molecule has 0 fully saturated rings. The first kappa shape index (κ1) is 16.4. The standard InChI is InChI=1S/C17H20N4O2S/c1-10-15(12(3)23-21-10)20-17(22)18-8-9-24-16-11(2)19-14-7-5-4-6-13(14)16/h4-7,19H,8-9H2,1-3H3,(H2,18,20,22). The summed E-state index contributed by atoms with van der Waals surface area (Å²) in [4.78, 5) is 16.6. The molecule has 2 heterocycles. The summed E-state index contributed by atoms with van der Waals surface area (Å²) >= 11 is 1.73. The van der Waals surface area contributed by atoms with Gasteiger partial charge in [-0.25, -0.2) is 4.79 Å². The molecule has 0 atom stereocenters. The maximum Gasteiger partial charge on any atom is 0.319 e. The fraction of sp³-hybridized carbons (Fsp3) is 0.294. The van der Waals surface area contributed by atoms with E-state index in [-0.39, 0.29) is 6.03 Å². The molecule has 0 saturated heterocycles. The monoisotopic (exact) mass is 344 g/mol. The van der Waals surface area contributed by atoms with Crippen molar-refractivity contribution in [2.24, 2.45) is 0 Å². The molecule has 6 nitrogen and oxygen atoms in total. The molecule has 0 aliphatic heterocycles. The van der Waals surface area contributed by atoms with Gasteiger partial charge in [-0.15, -0.1) is 11.8 Å². The van der Waals surface area contributed by atoms with Gasteiger partial charge in [-0.2, -0.15) is 0 Å². The van der Waals surface area contributed by atoms with Crippen LogP contribution in [0, 0.1) is 20.8 Å². The molecule has 0 radical (unpaired) electrons. The number of nitrogens with zero attached hydrogens (tertiary/aromatic N) is 1. The molecule has 2 aromatic heterocycles. The molecule has 3 N–H and O–H groups in total. The Bertz CT molecular complexity index is 849. The van der Waals surface area contributed by atoms with Crippen LogP contribution in [0.3, 0.4) is 0 Å². The van der Waals surface area contributed by atoms with E-state index in [1.165, 1.54) is 10.3 Å². The van der Waals surface area contributed by atoms with Crippen molar-refractivity contribution in [2.75, 3.05) is 17.6 Å². The first-order valence-electron chi connectivity index (χ1n) is 7.74. The lowest BCUT2D eigenvalue weighted by atomic mass is 10.2. The minimum atomic E-state index is -0.249. The third-order valence-corrected chi connectivity index (χ3v) is 4.96. The van der Waals surface area contributed by atoms with E-state index in [2.05, 4.69) is 39.8 Å². The Hall–Kier alpha value is -2.41. The van der Waals surface area contributed by atoms with E-state index in [0.717, 1.165) is 17.0 Å². The Morgan fingerprint density at radius 1 is 1.29 bits per heavy atom. The number of amides is 2. The van der Waals surface area contributed by atoms with Crippen LogP contribution in [0.4, 0.5) is 10.5 Å². The zero-order chi connectivity index (χ0) is 17.1. The molecule has 126 valence electrons. The lowest BCUT2D eigenvalue weighted by Crippen LogP contribution is -2.30. The molecule has 2 amide bonds. The predicted molar refractivity (Wildman–Crippen MR) is 96.8 cm³/mol. The number of H-pyrrole nitrogens is 1. The van der Waals surface area contributed by atoms with E-state index in [4.69, 9.17) is 4.52 Å². The van der Waals surface area contributed by atoms with E-state index in [9.17, 15) is 4.79 Å². The van der Waals surface area contributed by atoms with Crippen LogP contribution in [0.5, 0.6) is 0 Å². The van der Waals surface area contributed by atoms with Crippen molar-refractivity contribution >= 4 is 34.4 Å². The van der Waals surface area contributed by atoms with Crippen LogP contribution in [0.2, 0.25) is 0 Å². The van der Waals surface area contributed by atoms with Gasteiger partial charge in [0.15, 0.2) is 5.76 Å². The number of urea groups is 1. The summed E-state index contributed by atoms with van der Waals surface area (Å²) < 4.78 is 5.02. The highest BCUT2D eigenvalue weighted by Gasteiger charge is 2.12. The quantitative estimate of drug-likeness (QED) is 0.483. The summed E-state index contributed by atoms with van der Waals surface area (Å²) in [5, 5.41) is 10.7. The fourth-order valence-electron chi connectivity index (χ4n) is 2.57. The number of rotatable bonds is 5. The molecule has 0 aliphatic carbocycles. The number of aromatic nitrogens is 2. The van der Waals surface area contributed by atoms with Crippen LogP contribution in [0.25, 0.3) is 10.9 Å². The second-order valence-electron chi connectivity index (χ2n) is 5.55. The van der Waals surface area contributed by atoms with Crippen LogP contribution in [0.15, 0.2) is 33.7 Å². The number of nitrogens with one attached hydrogen (secondary N) is 3. The average Bonchev–Trinajstić information content (AvgIpc) is 3.05. The van der Waals surface area contributed by atoms with Gasteiger partial charge in [0, 0.05) is 33.8 Å². The van der Waals surface area contributed by atoms with Crippen LogP contribution in [-0.4, -0.2) is 28.5 Å². The van der Waals surface area contributed by atoms with Crippen molar-refractivity contribution in [1.82, 2.24) is 15.5 Å². The van der Waals surface area contributed by atoms with Crippen molar-refractivity contribution in [2.45, 2.75) is 25.7 Å². The van der Waals surface area contributed by atoms with Crippen molar-refractivity contribution < 1.29 is 9.32 Å². The highest BCUT2D eigenvalue weighted by atomic mass is 32.2. The fourth-order valence-corrected chi connectivity index (χ4v) is 3.58. The number of hydrogen-bond acceptors (Lipinski definition) is 4. The molecule has 3 rings (SSSR count). The lowest BCUT2D eigenvalue weighted by Gasteiger charge is -2.07. The second-order valence-corrected chi connectivity index (χ2v) is 6.66. The Labute approximate surface area is 144 Å². The number of hydrogen-bond donors (Lipinski definition) is 3. The van der Waals surface area contributed by atoms with Crippen molar-refractivity contribution in [3.05, 3.63) is 41.4 Å². The van der Waals surface area contributed by atoms with Crippen LogP contribution in [0.1, 0.15) is 17.1 Å². The number of anilines is 1. The van der Waals surface area contributed by atoms with Crippen LogP contribution >= 0.6 is 11.8 Å². The van der Waals surface area contributed by atoms with E-state index in [1.807, 2.05) is 12.1 Å². The third-order valence-electron chi connectivity index (χ3n) is 3.74. The number of para-hydroxylation sites is 1. The van der Waals surface area contributed by atoms with E-state index < -0.39 is 0 Å². The number of fused-ring (bicyclic) bond motifs is 1. The number of carbonyl (C=O) groups excluding carboxylic acids is 1. The zero-order valence-electron chi connectivity index (χ0n) is 13.9. The smallest absolute Gasteiger partial charge is 0.319 e. The first-order chi connectivity index (χ1) is 11.6. The van der Waals surface area contributed by atoms with Gasteiger partial charge in [0.1, 0.15) is 11.4 Å². The molecule has 1 aromatic carbocycles.